The van der Waals surface area contributed by atoms with Crippen molar-refractivity contribution in [3.8, 4) is 0 Å². The Kier molecular flexibility index (Phi) is 4.31. The number of nitrogens with zero attached hydrogens (tertiary/aromatic N) is 1. The van der Waals surface area contributed by atoms with E-state index in [4.69, 9.17) is 0 Å². The fourth-order valence-corrected chi connectivity index (χ4v) is 1.91. The molecule has 0 radical (unpaired) electrons. The van der Waals surface area contributed by atoms with Crippen molar-refractivity contribution in [1.29, 1.82) is 0 Å². The Bertz CT molecular complexity index is 551. The molecule has 3 nitrogen and oxygen atoms in total. The summed E-state index contributed by atoms with van der Waals surface area (Å²) < 4.78 is 0. The molecule has 0 saturated carbocycles. The molecule has 0 saturated heterocycles. The van der Waals surface area contributed by atoms with Crippen molar-refractivity contribution in [2.45, 2.75) is 18.2 Å². The Hall–Kier alpha value is -1.42. The van der Waals surface area contributed by atoms with Crippen LogP contribution in [0.1, 0.15) is 23.7 Å². The fourth-order valence-electron chi connectivity index (χ4n) is 1.74. The van der Waals surface area contributed by atoms with Crippen molar-refractivity contribution in [3.63, 3.8) is 0 Å². The maximum Gasteiger partial charge on any atom is 0.252 e. The Morgan fingerprint density at radius 3 is 3.00 bits per heavy atom. The van der Waals surface area contributed by atoms with Crippen molar-refractivity contribution in [3.05, 3.63) is 42.1 Å². The summed E-state index contributed by atoms with van der Waals surface area (Å²) in [6.07, 6.45) is 2.72. The number of carbonyl (C=O) groups excluding carboxylic acids is 1. The van der Waals surface area contributed by atoms with Gasteiger partial charge in [-0.3, -0.25) is 9.78 Å². The molecular weight excluding hydrogens is 292 g/mol. The lowest BCUT2D eigenvalue weighted by atomic mass is 10.1. The molecule has 0 fully saturated rings. The average molecular weight is 307 g/mol. The lowest BCUT2D eigenvalue weighted by Gasteiger charge is -2.10. The Morgan fingerprint density at radius 2 is 2.22 bits per heavy atom. The molecular formula is C14H15BrN2O. The highest BCUT2D eigenvalue weighted by atomic mass is 79.9. The topological polar surface area (TPSA) is 42.0 Å². The van der Waals surface area contributed by atoms with Crippen LogP contribution in [-0.4, -0.2) is 22.3 Å². The first-order valence-electron chi connectivity index (χ1n) is 5.98. The molecule has 1 aromatic carbocycles. The van der Waals surface area contributed by atoms with Crippen LogP contribution in [0.2, 0.25) is 0 Å². The van der Waals surface area contributed by atoms with E-state index in [-0.39, 0.29) is 5.91 Å². The molecule has 2 aromatic rings. The van der Waals surface area contributed by atoms with Crippen LogP contribution < -0.4 is 5.32 Å². The second kappa shape index (κ2) is 5.96. The zero-order chi connectivity index (χ0) is 13.0. The van der Waals surface area contributed by atoms with E-state index < -0.39 is 0 Å². The number of nitrogens with one attached hydrogen (secondary N) is 1. The van der Waals surface area contributed by atoms with Gasteiger partial charge in [0.25, 0.3) is 5.91 Å². The minimum atomic E-state index is -0.0495. The predicted molar refractivity (Wildman–Crippen MR) is 77.1 cm³/mol. The van der Waals surface area contributed by atoms with Crippen LogP contribution in [0.25, 0.3) is 10.9 Å². The van der Waals surface area contributed by atoms with E-state index in [0.29, 0.717) is 16.9 Å². The fraction of sp³-hybridized carbons (Fsp3) is 0.286. The Balaban J connectivity index is 2.22. The summed E-state index contributed by atoms with van der Waals surface area (Å²) in [4.78, 5) is 16.7. The van der Waals surface area contributed by atoms with Gasteiger partial charge < -0.3 is 5.32 Å². The predicted octanol–water partition coefficient (Wildman–Crippen LogP) is 3.14. The minimum Gasteiger partial charge on any atom is -0.351 e. The van der Waals surface area contributed by atoms with Crippen molar-refractivity contribution >= 4 is 32.7 Å². The second-order valence-corrected chi connectivity index (χ2v) is 5.39. The lowest BCUT2D eigenvalue weighted by molar-refractivity contribution is 0.0955. The van der Waals surface area contributed by atoms with Crippen LogP contribution in [0.4, 0.5) is 0 Å². The maximum absolute atomic E-state index is 12.1. The van der Waals surface area contributed by atoms with Gasteiger partial charge in [0, 0.05) is 28.5 Å². The molecule has 0 aliphatic rings. The van der Waals surface area contributed by atoms with E-state index in [0.717, 1.165) is 17.3 Å². The number of rotatable bonds is 4. The van der Waals surface area contributed by atoms with Crippen LogP contribution in [0, 0.1) is 0 Å². The third kappa shape index (κ3) is 2.88. The van der Waals surface area contributed by atoms with Crippen molar-refractivity contribution in [2.75, 3.05) is 6.54 Å². The number of pyridine rings is 1. The number of carbonyl (C=O) groups is 1. The van der Waals surface area contributed by atoms with Gasteiger partial charge in [-0.2, -0.15) is 0 Å². The molecule has 1 heterocycles. The molecule has 94 valence electrons. The molecule has 1 N–H and O–H groups in total. The smallest absolute Gasteiger partial charge is 0.252 e. The molecule has 0 bridgehead atoms. The van der Waals surface area contributed by atoms with E-state index in [1.807, 2.05) is 30.3 Å². The zero-order valence-electron chi connectivity index (χ0n) is 10.2. The highest BCUT2D eigenvalue weighted by Crippen LogP contribution is 2.16. The Labute approximate surface area is 115 Å². The van der Waals surface area contributed by atoms with Gasteiger partial charge in [-0.25, -0.2) is 0 Å². The van der Waals surface area contributed by atoms with Gasteiger partial charge >= 0.3 is 0 Å². The van der Waals surface area contributed by atoms with E-state index in [2.05, 4.69) is 33.2 Å². The van der Waals surface area contributed by atoms with Gasteiger partial charge in [0.2, 0.25) is 0 Å². The molecule has 0 aliphatic carbocycles. The summed E-state index contributed by atoms with van der Waals surface area (Å²) >= 11 is 3.50. The van der Waals surface area contributed by atoms with Gasteiger partial charge in [-0.15, -0.1) is 0 Å². The van der Waals surface area contributed by atoms with Crippen molar-refractivity contribution in [1.82, 2.24) is 10.3 Å². The van der Waals surface area contributed by atoms with E-state index in [1.165, 1.54) is 0 Å². The summed E-state index contributed by atoms with van der Waals surface area (Å²) in [6, 6.07) is 9.36. The van der Waals surface area contributed by atoms with Crippen LogP contribution in [0.15, 0.2) is 36.5 Å². The molecule has 1 unspecified atom stereocenters. The summed E-state index contributed by atoms with van der Waals surface area (Å²) in [6.45, 7) is 2.71. The third-order valence-corrected chi connectivity index (χ3v) is 3.79. The molecule has 18 heavy (non-hydrogen) atoms. The first-order valence-corrected chi connectivity index (χ1v) is 6.90. The largest absolute Gasteiger partial charge is 0.351 e. The number of hydrogen-bond acceptors (Lipinski definition) is 2. The summed E-state index contributed by atoms with van der Waals surface area (Å²) in [5.74, 6) is -0.0495. The molecule has 2 rings (SSSR count). The zero-order valence-corrected chi connectivity index (χ0v) is 11.8. The second-order valence-electron chi connectivity index (χ2n) is 4.09. The molecule has 0 spiro atoms. The quantitative estimate of drug-likeness (QED) is 0.882. The summed E-state index contributed by atoms with van der Waals surface area (Å²) in [5.41, 5.74) is 1.52. The summed E-state index contributed by atoms with van der Waals surface area (Å²) in [7, 11) is 0. The lowest BCUT2D eigenvalue weighted by Crippen LogP contribution is -2.29. The van der Waals surface area contributed by atoms with Crippen LogP contribution in [-0.2, 0) is 0 Å². The number of halogens is 1. The number of aromatic nitrogens is 1. The maximum atomic E-state index is 12.1. The standard InChI is InChI=1S/C14H15BrN2O/c1-2-10(15)9-17-14(18)12-5-3-7-13-11(12)6-4-8-16-13/h3-8,10H,2,9H2,1H3,(H,17,18). The van der Waals surface area contributed by atoms with Crippen LogP contribution in [0.5, 0.6) is 0 Å². The molecule has 1 amide bonds. The van der Waals surface area contributed by atoms with Gasteiger partial charge in [-0.1, -0.05) is 35.0 Å². The van der Waals surface area contributed by atoms with Crippen molar-refractivity contribution in [2.24, 2.45) is 0 Å². The van der Waals surface area contributed by atoms with Gasteiger partial charge in [0.1, 0.15) is 0 Å². The monoisotopic (exact) mass is 306 g/mol. The van der Waals surface area contributed by atoms with Gasteiger partial charge in [0.15, 0.2) is 0 Å². The van der Waals surface area contributed by atoms with Crippen LogP contribution >= 0.6 is 15.9 Å². The SMILES string of the molecule is CCC(Br)CNC(=O)c1cccc2ncccc12. The molecule has 4 heteroatoms. The summed E-state index contributed by atoms with van der Waals surface area (Å²) in [5, 5.41) is 3.82. The first-order chi connectivity index (χ1) is 8.72. The number of benzene rings is 1. The van der Waals surface area contributed by atoms with Crippen LogP contribution in [0.3, 0.4) is 0 Å². The van der Waals surface area contributed by atoms with E-state index in [9.17, 15) is 4.79 Å². The average Bonchev–Trinajstić information content (AvgIpc) is 2.43. The van der Waals surface area contributed by atoms with Gasteiger partial charge in [0.05, 0.1) is 5.52 Å². The van der Waals surface area contributed by atoms with Gasteiger partial charge in [-0.05, 0) is 24.6 Å². The van der Waals surface area contributed by atoms with E-state index in [1.54, 1.807) is 6.20 Å². The normalized spacial score (nSPS) is 12.3. The number of fused-ring (bicyclic) bond motifs is 1. The van der Waals surface area contributed by atoms with Crippen molar-refractivity contribution < 1.29 is 4.79 Å². The Morgan fingerprint density at radius 1 is 1.39 bits per heavy atom. The highest BCUT2D eigenvalue weighted by Gasteiger charge is 2.10. The third-order valence-electron chi connectivity index (χ3n) is 2.82. The first kappa shape index (κ1) is 13.0. The molecule has 1 atom stereocenters. The number of amides is 1. The number of hydrogen-bond donors (Lipinski definition) is 1. The molecule has 0 aliphatic heterocycles. The van der Waals surface area contributed by atoms with E-state index >= 15 is 0 Å². The number of alkyl halides is 1. The highest BCUT2D eigenvalue weighted by molar-refractivity contribution is 9.09. The minimum absolute atomic E-state index is 0.0495. The molecule has 1 aromatic heterocycles.